The Kier molecular flexibility index (Phi) is 9.12. The smallest absolute Gasteiger partial charge is 0.406 e. The Hall–Kier alpha value is -3.99. The molecule has 1 amide bonds. The third-order valence-corrected chi connectivity index (χ3v) is 5.81. The molecule has 0 aliphatic heterocycles. The van der Waals surface area contributed by atoms with E-state index < -0.39 is 59.8 Å². The van der Waals surface area contributed by atoms with Crippen LogP contribution in [0, 0.1) is 0 Å². The second-order valence-electron chi connectivity index (χ2n) is 9.05. The molecule has 0 atom stereocenters. The summed E-state index contributed by atoms with van der Waals surface area (Å²) in [6.45, 7) is 0. The zero-order valence-corrected chi connectivity index (χ0v) is 21.2. The summed E-state index contributed by atoms with van der Waals surface area (Å²) in [5.41, 5.74) is -1.44. The van der Waals surface area contributed by atoms with E-state index in [1.165, 1.54) is 14.1 Å². The van der Waals surface area contributed by atoms with Crippen molar-refractivity contribution in [2.24, 2.45) is 0 Å². The lowest BCUT2D eigenvalue weighted by Crippen LogP contribution is -2.47. The van der Waals surface area contributed by atoms with Gasteiger partial charge in [-0.05, 0) is 49.9 Å². The molecule has 0 spiro atoms. The summed E-state index contributed by atoms with van der Waals surface area (Å²) >= 11 is 0. The van der Waals surface area contributed by atoms with E-state index in [0.29, 0.717) is 6.20 Å². The molecule has 41 heavy (non-hydrogen) atoms. The molecule has 1 fully saturated rings. The van der Waals surface area contributed by atoms with Crippen molar-refractivity contribution in [2.75, 3.05) is 24.3 Å². The molecule has 9 nitrogen and oxygen atoms in total. The Labute approximate surface area is 226 Å². The van der Waals surface area contributed by atoms with Gasteiger partial charge in [-0.15, -0.1) is 13.2 Å². The molecule has 3 rings (SSSR count). The first-order valence-electron chi connectivity index (χ1n) is 11.7. The summed E-state index contributed by atoms with van der Waals surface area (Å²) in [5.74, 6) is -5.13. The molecule has 1 aliphatic rings. The number of hydrogen-bond acceptors (Lipinski definition) is 8. The molecule has 1 saturated carbocycles. The summed E-state index contributed by atoms with van der Waals surface area (Å²) in [5, 5.41) is 3.08. The number of ether oxygens (including phenoxy) is 1. The Morgan fingerprint density at radius 1 is 0.927 bits per heavy atom. The quantitative estimate of drug-likeness (QED) is 0.349. The van der Waals surface area contributed by atoms with E-state index in [9.17, 15) is 49.1 Å². The molecule has 1 aliphatic carbocycles. The lowest BCUT2D eigenvalue weighted by Gasteiger charge is -2.35. The molecular weight excluding hydrogens is 581 g/mol. The van der Waals surface area contributed by atoms with Gasteiger partial charge in [0, 0.05) is 31.9 Å². The van der Waals surface area contributed by atoms with Gasteiger partial charge in [-0.1, -0.05) is 0 Å². The number of alkyl halides is 9. The molecule has 18 heteroatoms. The topological polar surface area (TPSA) is 96.9 Å². The van der Waals surface area contributed by atoms with Crippen molar-refractivity contribution in [1.82, 2.24) is 15.0 Å². The van der Waals surface area contributed by atoms with Crippen molar-refractivity contribution in [1.29, 1.82) is 0 Å². The van der Waals surface area contributed by atoms with Crippen molar-refractivity contribution < 1.29 is 58.7 Å². The van der Waals surface area contributed by atoms with Crippen LogP contribution in [0.25, 0.3) is 0 Å². The highest BCUT2D eigenvalue weighted by Gasteiger charge is 2.45. The number of benzene rings is 1. The minimum absolute atomic E-state index is 0.0228. The Morgan fingerprint density at radius 3 is 2.00 bits per heavy atom. The fourth-order valence-corrected chi connectivity index (χ4v) is 3.97. The van der Waals surface area contributed by atoms with Gasteiger partial charge < -0.3 is 19.8 Å². The largest absolute Gasteiger partial charge is 0.573 e. The van der Waals surface area contributed by atoms with Crippen LogP contribution in [0.1, 0.15) is 41.6 Å². The SMILES string of the molecule is CN(C)c1nc(NC2CCC(N(OC(=O)C(F)(F)F)C(=O)c3ccc(OC(F)(F)F)cc3)CC2)ncc1C(F)(F)F. The predicted molar refractivity (Wildman–Crippen MR) is 122 cm³/mol. The highest BCUT2D eigenvalue weighted by Crippen LogP contribution is 2.35. The highest BCUT2D eigenvalue weighted by atomic mass is 19.4. The summed E-state index contributed by atoms with van der Waals surface area (Å²) in [4.78, 5) is 37.6. The molecule has 0 unspecified atom stereocenters. The van der Waals surface area contributed by atoms with Crippen molar-refractivity contribution in [2.45, 2.75) is 56.5 Å². The third kappa shape index (κ3) is 8.50. The number of carbonyl (C=O) groups is 2. The average molecular weight is 603 g/mol. The number of halogens is 9. The molecule has 2 aromatic rings. The lowest BCUT2D eigenvalue weighted by molar-refractivity contribution is -0.274. The third-order valence-electron chi connectivity index (χ3n) is 5.81. The van der Waals surface area contributed by atoms with Crippen LogP contribution >= 0.6 is 0 Å². The molecule has 1 aromatic heterocycles. The number of aromatic nitrogens is 2. The maximum Gasteiger partial charge on any atom is 0.573 e. The Balaban J connectivity index is 1.74. The van der Waals surface area contributed by atoms with Gasteiger partial charge in [0.05, 0.1) is 6.04 Å². The van der Waals surface area contributed by atoms with Gasteiger partial charge in [0.15, 0.2) is 0 Å². The monoisotopic (exact) mass is 603 g/mol. The Bertz CT molecular complexity index is 1230. The van der Waals surface area contributed by atoms with Gasteiger partial charge in [0.25, 0.3) is 5.91 Å². The van der Waals surface area contributed by atoms with Gasteiger partial charge in [-0.25, -0.2) is 9.78 Å². The van der Waals surface area contributed by atoms with Crippen LogP contribution in [0.4, 0.5) is 51.3 Å². The average Bonchev–Trinajstić information content (AvgIpc) is 2.85. The predicted octanol–water partition coefficient (Wildman–Crippen LogP) is 5.35. The summed E-state index contributed by atoms with van der Waals surface area (Å²) in [6.07, 6.45) is -14.3. The van der Waals surface area contributed by atoms with Crippen LogP contribution in [0.15, 0.2) is 30.5 Å². The molecule has 0 saturated heterocycles. The fourth-order valence-electron chi connectivity index (χ4n) is 3.97. The number of anilines is 2. The van der Waals surface area contributed by atoms with E-state index in [1.54, 1.807) is 0 Å². The van der Waals surface area contributed by atoms with Crippen molar-refractivity contribution in [3.8, 4) is 5.75 Å². The number of hydrogen-bond donors (Lipinski definition) is 1. The lowest BCUT2D eigenvalue weighted by atomic mass is 9.90. The molecule has 0 radical (unpaired) electrons. The number of nitrogens with zero attached hydrogens (tertiary/aromatic N) is 4. The first-order chi connectivity index (χ1) is 18.8. The van der Waals surface area contributed by atoms with E-state index in [1.807, 2.05) is 0 Å². The summed E-state index contributed by atoms with van der Waals surface area (Å²) in [7, 11) is 2.72. The first kappa shape index (κ1) is 31.5. The normalized spacial score (nSPS) is 17.9. The van der Waals surface area contributed by atoms with Crippen LogP contribution < -0.4 is 15.0 Å². The van der Waals surface area contributed by atoms with E-state index in [4.69, 9.17) is 0 Å². The van der Waals surface area contributed by atoms with Crippen LogP contribution in [0.3, 0.4) is 0 Å². The van der Waals surface area contributed by atoms with E-state index in [2.05, 4.69) is 24.9 Å². The second-order valence-corrected chi connectivity index (χ2v) is 9.05. The minimum atomic E-state index is -5.45. The van der Waals surface area contributed by atoms with Crippen LogP contribution in [-0.2, 0) is 15.8 Å². The van der Waals surface area contributed by atoms with Crippen LogP contribution in [-0.4, -0.2) is 65.6 Å². The molecule has 1 aromatic carbocycles. The van der Waals surface area contributed by atoms with Gasteiger partial charge in [-0.2, -0.15) is 36.4 Å². The summed E-state index contributed by atoms with van der Waals surface area (Å²) in [6, 6.07) is 1.70. The highest BCUT2D eigenvalue weighted by molar-refractivity contribution is 5.94. The molecule has 0 bridgehead atoms. The van der Waals surface area contributed by atoms with E-state index in [-0.39, 0.29) is 42.3 Å². The standard InChI is InChI=1S/C23H22F9N5O4/c1-36(2)17-16(21(24,25)26)11-33-20(35-17)34-13-5-7-14(8-6-13)37(41-19(39)22(27,28)29)18(38)12-3-9-15(10-4-12)40-23(30,31)32/h3-4,9-11,13-14H,5-8H2,1-2H3,(H,33,34,35). The molecule has 1 N–H and O–H groups in total. The molecule has 226 valence electrons. The van der Waals surface area contributed by atoms with Crippen molar-refractivity contribution in [3.63, 3.8) is 0 Å². The Morgan fingerprint density at radius 2 is 1.51 bits per heavy atom. The minimum Gasteiger partial charge on any atom is -0.406 e. The van der Waals surface area contributed by atoms with E-state index >= 15 is 0 Å². The van der Waals surface area contributed by atoms with Crippen LogP contribution in [0.2, 0.25) is 0 Å². The van der Waals surface area contributed by atoms with E-state index in [0.717, 1.165) is 29.2 Å². The number of nitrogens with one attached hydrogen (secondary N) is 1. The fraction of sp³-hybridized carbons (Fsp3) is 0.478. The zero-order valence-electron chi connectivity index (χ0n) is 21.2. The van der Waals surface area contributed by atoms with Gasteiger partial charge in [-0.3, -0.25) is 4.79 Å². The number of amides is 1. The van der Waals surface area contributed by atoms with Crippen molar-refractivity contribution in [3.05, 3.63) is 41.6 Å². The van der Waals surface area contributed by atoms with Crippen molar-refractivity contribution >= 4 is 23.6 Å². The number of rotatable bonds is 6. The maximum atomic E-state index is 13.2. The number of carbonyl (C=O) groups excluding carboxylic acids is 2. The molecular formula is C23H22F9N5O4. The second kappa shape index (κ2) is 11.9. The maximum absolute atomic E-state index is 13.2. The van der Waals surface area contributed by atoms with Gasteiger partial charge in [0.1, 0.15) is 17.1 Å². The van der Waals surface area contributed by atoms with Gasteiger partial charge >= 0.3 is 24.7 Å². The van der Waals surface area contributed by atoms with Crippen LogP contribution in [0.5, 0.6) is 5.75 Å². The zero-order chi connectivity index (χ0) is 30.8. The summed E-state index contributed by atoms with van der Waals surface area (Å²) < 4.78 is 119. The molecule has 1 heterocycles. The van der Waals surface area contributed by atoms with Gasteiger partial charge in [0.2, 0.25) is 5.95 Å². The number of hydroxylamine groups is 2. The first-order valence-corrected chi connectivity index (χ1v) is 11.7.